The average molecular weight is 173 g/mol. The molecule has 0 spiro atoms. The predicted octanol–water partition coefficient (Wildman–Crippen LogP) is 2.00. The van der Waals surface area contributed by atoms with Crippen LogP contribution in [-0.2, 0) is 11.2 Å². The molecule has 0 saturated heterocycles. The second-order valence-electron chi connectivity index (χ2n) is 3.08. The van der Waals surface area contributed by atoms with E-state index in [1.54, 1.807) is 13.0 Å². The summed E-state index contributed by atoms with van der Waals surface area (Å²) in [6.45, 7) is 3.43. The minimum atomic E-state index is 0.123. The fraction of sp³-hybridized carbons (Fsp3) is 0.273. The molecule has 0 unspecified atom stereocenters. The van der Waals surface area contributed by atoms with Crippen LogP contribution in [0, 0.1) is 18.3 Å². The minimum absolute atomic E-state index is 0.123. The maximum atomic E-state index is 10.9. The van der Waals surface area contributed by atoms with E-state index in [4.69, 9.17) is 5.26 Å². The van der Waals surface area contributed by atoms with Gasteiger partial charge in [0, 0.05) is 6.42 Å². The van der Waals surface area contributed by atoms with Gasteiger partial charge >= 0.3 is 0 Å². The van der Waals surface area contributed by atoms with E-state index < -0.39 is 0 Å². The Bertz CT molecular complexity index is 374. The monoisotopic (exact) mass is 173 g/mol. The second-order valence-corrected chi connectivity index (χ2v) is 3.08. The Labute approximate surface area is 77.8 Å². The Morgan fingerprint density at radius 1 is 1.54 bits per heavy atom. The number of benzene rings is 1. The van der Waals surface area contributed by atoms with Gasteiger partial charge in [-0.2, -0.15) is 5.26 Å². The van der Waals surface area contributed by atoms with Crippen LogP contribution >= 0.6 is 0 Å². The van der Waals surface area contributed by atoms with E-state index >= 15 is 0 Å². The third-order valence-electron chi connectivity index (χ3n) is 2.01. The molecule has 0 fully saturated rings. The first-order valence-corrected chi connectivity index (χ1v) is 4.13. The lowest BCUT2D eigenvalue weighted by Crippen LogP contribution is -1.99. The van der Waals surface area contributed by atoms with Crippen molar-refractivity contribution < 1.29 is 4.79 Å². The molecule has 0 saturated carbocycles. The third kappa shape index (κ3) is 2.16. The van der Waals surface area contributed by atoms with Crippen molar-refractivity contribution in [2.45, 2.75) is 20.3 Å². The molecule has 0 aliphatic rings. The minimum Gasteiger partial charge on any atom is -0.300 e. The van der Waals surface area contributed by atoms with Gasteiger partial charge in [-0.15, -0.1) is 0 Å². The van der Waals surface area contributed by atoms with Gasteiger partial charge in [0.1, 0.15) is 5.78 Å². The van der Waals surface area contributed by atoms with Crippen molar-refractivity contribution in [2.24, 2.45) is 0 Å². The standard InChI is InChI=1S/C11H11NO/c1-8(13)6-10-4-3-5-11(7-12)9(10)2/h3-5H,6H2,1-2H3. The average Bonchev–Trinajstić information content (AvgIpc) is 2.08. The molecule has 13 heavy (non-hydrogen) atoms. The van der Waals surface area contributed by atoms with Crippen LogP contribution in [0.1, 0.15) is 23.6 Å². The molecule has 66 valence electrons. The van der Waals surface area contributed by atoms with E-state index in [-0.39, 0.29) is 5.78 Å². The first kappa shape index (κ1) is 9.47. The molecular formula is C11H11NO. The van der Waals surface area contributed by atoms with Crippen LogP contribution in [0.15, 0.2) is 18.2 Å². The van der Waals surface area contributed by atoms with Gasteiger partial charge in [-0.3, -0.25) is 4.79 Å². The van der Waals surface area contributed by atoms with Gasteiger partial charge in [-0.1, -0.05) is 12.1 Å². The van der Waals surface area contributed by atoms with Crippen molar-refractivity contribution in [3.05, 3.63) is 34.9 Å². The van der Waals surface area contributed by atoms with Gasteiger partial charge in [0.15, 0.2) is 0 Å². The molecule has 2 nitrogen and oxygen atoms in total. The number of nitriles is 1. The smallest absolute Gasteiger partial charge is 0.134 e. The second kappa shape index (κ2) is 3.86. The highest BCUT2D eigenvalue weighted by molar-refractivity contribution is 5.78. The first-order chi connectivity index (χ1) is 6.15. The number of hydrogen-bond acceptors (Lipinski definition) is 2. The van der Waals surface area contributed by atoms with E-state index in [1.807, 2.05) is 19.1 Å². The van der Waals surface area contributed by atoms with Crippen molar-refractivity contribution in [2.75, 3.05) is 0 Å². The number of rotatable bonds is 2. The Balaban J connectivity index is 3.10. The van der Waals surface area contributed by atoms with E-state index in [9.17, 15) is 4.79 Å². The molecule has 2 heteroatoms. The summed E-state index contributed by atoms with van der Waals surface area (Å²) < 4.78 is 0. The number of ketones is 1. The fourth-order valence-electron chi connectivity index (χ4n) is 1.26. The maximum absolute atomic E-state index is 10.9. The third-order valence-corrected chi connectivity index (χ3v) is 2.01. The summed E-state index contributed by atoms with van der Waals surface area (Å²) in [5.41, 5.74) is 2.52. The van der Waals surface area contributed by atoms with Crippen LogP contribution in [0.5, 0.6) is 0 Å². The quantitative estimate of drug-likeness (QED) is 0.686. The molecule has 1 aromatic rings. The van der Waals surface area contributed by atoms with E-state index in [0.29, 0.717) is 12.0 Å². The predicted molar refractivity (Wildman–Crippen MR) is 50.3 cm³/mol. The molecule has 0 N–H and O–H groups in total. The SMILES string of the molecule is CC(=O)Cc1cccc(C#N)c1C. The molecule has 1 rings (SSSR count). The zero-order chi connectivity index (χ0) is 9.84. The van der Waals surface area contributed by atoms with Crippen LogP contribution in [0.4, 0.5) is 0 Å². The van der Waals surface area contributed by atoms with Gasteiger partial charge in [0.2, 0.25) is 0 Å². The Morgan fingerprint density at radius 3 is 2.77 bits per heavy atom. The van der Waals surface area contributed by atoms with Crippen molar-refractivity contribution in [1.82, 2.24) is 0 Å². The number of hydrogen-bond donors (Lipinski definition) is 0. The summed E-state index contributed by atoms with van der Waals surface area (Å²) in [7, 11) is 0. The highest BCUT2D eigenvalue weighted by Gasteiger charge is 2.04. The maximum Gasteiger partial charge on any atom is 0.134 e. The van der Waals surface area contributed by atoms with Crippen molar-refractivity contribution in [3.63, 3.8) is 0 Å². The number of carbonyl (C=O) groups is 1. The summed E-state index contributed by atoms with van der Waals surface area (Å²) >= 11 is 0. The van der Waals surface area contributed by atoms with Gasteiger partial charge < -0.3 is 0 Å². The van der Waals surface area contributed by atoms with Gasteiger partial charge in [-0.25, -0.2) is 0 Å². The van der Waals surface area contributed by atoms with Crippen molar-refractivity contribution in [1.29, 1.82) is 5.26 Å². The number of nitrogens with zero attached hydrogens (tertiary/aromatic N) is 1. The molecule has 0 bridgehead atoms. The van der Waals surface area contributed by atoms with E-state index in [1.165, 1.54) is 0 Å². The molecule has 0 atom stereocenters. The van der Waals surface area contributed by atoms with E-state index in [0.717, 1.165) is 11.1 Å². The Kier molecular flexibility index (Phi) is 2.81. The van der Waals surface area contributed by atoms with Crippen LogP contribution in [-0.4, -0.2) is 5.78 Å². The van der Waals surface area contributed by atoms with Gasteiger partial charge in [-0.05, 0) is 31.0 Å². The molecule has 0 amide bonds. The summed E-state index contributed by atoms with van der Waals surface area (Å²) in [6.07, 6.45) is 0.418. The van der Waals surface area contributed by atoms with E-state index in [2.05, 4.69) is 6.07 Å². The molecule has 0 radical (unpaired) electrons. The molecule has 0 aliphatic heterocycles. The zero-order valence-electron chi connectivity index (χ0n) is 7.79. The largest absolute Gasteiger partial charge is 0.300 e. The number of Topliss-reactive ketones (excluding diaryl/α,β-unsaturated/α-hetero) is 1. The lowest BCUT2D eigenvalue weighted by Gasteiger charge is -2.03. The van der Waals surface area contributed by atoms with Crippen LogP contribution < -0.4 is 0 Å². The molecule has 0 heterocycles. The molecular weight excluding hydrogens is 162 g/mol. The highest BCUT2D eigenvalue weighted by atomic mass is 16.1. The topological polar surface area (TPSA) is 40.9 Å². The van der Waals surface area contributed by atoms with Crippen LogP contribution in [0.25, 0.3) is 0 Å². The lowest BCUT2D eigenvalue weighted by atomic mass is 9.99. The number of carbonyl (C=O) groups excluding carboxylic acids is 1. The van der Waals surface area contributed by atoms with Crippen LogP contribution in [0.2, 0.25) is 0 Å². The Morgan fingerprint density at radius 2 is 2.23 bits per heavy atom. The van der Waals surface area contributed by atoms with Gasteiger partial charge in [0.25, 0.3) is 0 Å². The summed E-state index contributed by atoms with van der Waals surface area (Å²) in [6, 6.07) is 7.56. The summed E-state index contributed by atoms with van der Waals surface area (Å²) in [4.78, 5) is 10.9. The first-order valence-electron chi connectivity index (χ1n) is 4.13. The summed E-state index contributed by atoms with van der Waals surface area (Å²) in [5, 5.41) is 8.74. The summed E-state index contributed by atoms with van der Waals surface area (Å²) in [5.74, 6) is 0.123. The highest BCUT2D eigenvalue weighted by Crippen LogP contribution is 2.13. The molecule has 0 aliphatic carbocycles. The van der Waals surface area contributed by atoms with Crippen molar-refractivity contribution >= 4 is 5.78 Å². The van der Waals surface area contributed by atoms with Gasteiger partial charge in [0.05, 0.1) is 11.6 Å². The van der Waals surface area contributed by atoms with Crippen molar-refractivity contribution in [3.8, 4) is 6.07 Å². The molecule has 0 aromatic heterocycles. The Hall–Kier alpha value is -1.62. The fourth-order valence-corrected chi connectivity index (χ4v) is 1.26. The molecule has 1 aromatic carbocycles. The lowest BCUT2D eigenvalue weighted by molar-refractivity contribution is -0.116. The zero-order valence-corrected chi connectivity index (χ0v) is 7.79. The normalized spacial score (nSPS) is 9.31. The van der Waals surface area contributed by atoms with Crippen LogP contribution in [0.3, 0.4) is 0 Å².